The number of hydrogen-bond donors (Lipinski definition) is 1. The Morgan fingerprint density at radius 2 is 2.21 bits per heavy atom. The van der Waals surface area contributed by atoms with Crippen LogP contribution in [0.3, 0.4) is 0 Å². The number of rotatable bonds is 4. The Hall–Kier alpha value is -0.150. The Kier molecular flexibility index (Phi) is 4.82. The molecule has 1 rings (SSSR count). The minimum Gasteiger partial charge on any atom is -0.395 e. The van der Waals surface area contributed by atoms with Crippen molar-refractivity contribution in [1.29, 1.82) is 0 Å². The Morgan fingerprint density at radius 1 is 1.50 bits per heavy atom. The fourth-order valence-corrected chi connectivity index (χ4v) is 2.23. The highest BCUT2D eigenvalue weighted by Crippen LogP contribution is 2.26. The van der Waals surface area contributed by atoms with Gasteiger partial charge in [0.1, 0.15) is 6.17 Å². The molecule has 0 aromatic carbocycles. The number of alkyl halides is 1. The van der Waals surface area contributed by atoms with E-state index in [4.69, 9.17) is 5.11 Å². The van der Waals surface area contributed by atoms with Gasteiger partial charge in [0.15, 0.2) is 0 Å². The summed E-state index contributed by atoms with van der Waals surface area (Å²) in [5.74, 6) is 0.826. The largest absolute Gasteiger partial charge is 0.395 e. The number of likely N-dealkylation sites (tertiary alicyclic amines) is 1. The zero-order valence-electron chi connectivity index (χ0n) is 9.25. The maximum absolute atomic E-state index is 13.7. The number of aliphatic hydroxyl groups is 1. The second kappa shape index (κ2) is 5.66. The lowest BCUT2D eigenvalue weighted by molar-refractivity contribution is 0.0631. The summed E-state index contributed by atoms with van der Waals surface area (Å²) in [5, 5.41) is 8.75. The van der Waals surface area contributed by atoms with Crippen LogP contribution in [0.5, 0.6) is 0 Å². The molecule has 2 nitrogen and oxygen atoms in total. The summed E-state index contributed by atoms with van der Waals surface area (Å²) >= 11 is 0. The second-order valence-electron chi connectivity index (χ2n) is 4.72. The van der Waals surface area contributed by atoms with Gasteiger partial charge < -0.3 is 5.11 Å². The molecule has 1 aliphatic heterocycles. The van der Waals surface area contributed by atoms with Gasteiger partial charge >= 0.3 is 0 Å². The monoisotopic (exact) mass is 203 g/mol. The van der Waals surface area contributed by atoms with Crippen LogP contribution in [0, 0.1) is 11.8 Å². The Labute approximate surface area is 86.1 Å². The van der Waals surface area contributed by atoms with Crippen molar-refractivity contribution < 1.29 is 9.50 Å². The predicted molar refractivity (Wildman–Crippen MR) is 56.0 cm³/mol. The first kappa shape index (κ1) is 11.9. The van der Waals surface area contributed by atoms with Crippen molar-refractivity contribution in [3.05, 3.63) is 0 Å². The fraction of sp³-hybridized carbons (Fsp3) is 1.00. The Bertz CT molecular complexity index is 163. The number of aliphatic hydroxyl groups excluding tert-OH is 1. The van der Waals surface area contributed by atoms with Gasteiger partial charge in [-0.1, -0.05) is 13.8 Å². The number of β-amino-alcohol motifs (C(OH)–C–C–N with tert-alkyl or cyclic N) is 1. The number of nitrogens with zero attached hydrogens (tertiary/aromatic N) is 1. The lowest BCUT2D eigenvalue weighted by atomic mass is 9.87. The van der Waals surface area contributed by atoms with Gasteiger partial charge in [-0.05, 0) is 31.2 Å². The lowest BCUT2D eigenvalue weighted by Gasteiger charge is -2.35. The summed E-state index contributed by atoms with van der Waals surface area (Å²) < 4.78 is 13.7. The van der Waals surface area contributed by atoms with E-state index in [9.17, 15) is 4.39 Å². The Morgan fingerprint density at radius 3 is 2.71 bits per heavy atom. The maximum Gasteiger partial charge on any atom is 0.116 e. The van der Waals surface area contributed by atoms with Crippen molar-refractivity contribution >= 4 is 0 Å². The fourth-order valence-electron chi connectivity index (χ4n) is 2.23. The van der Waals surface area contributed by atoms with Crippen LogP contribution < -0.4 is 0 Å². The molecule has 2 atom stereocenters. The third-order valence-electron chi connectivity index (χ3n) is 2.95. The second-order valence-corrected chi connectivity index (χ2v) is 4.72. The first-order valence-electron chi connectivity index (χ1n) is 5.60. The lowest BCUT2D eigenvalue weighted by Crippen LogP contribution is -2.43. The van der Waals surface area contributed by atoms with E-state index in [1.807, 2.05) is 4.90 Å². The molecule has 14 heavy (non-hydrogen) atoms. The van der Waals surface area contributed by atoms with Gasteiger partial charge in [-0.2, -0.15) is 0 Å². The van der Waals surface area contributed by atoms with Crippen LogP contribution in [0.4, 0.5) is 4.39 Å². The van der Waals surface area contributed by atoms with Crippen molar-refractivity contribution in [2.75, 3.05) is 26.2 Å². The number of hydrogen-bond acceptors (Lipinski definition) is 2. The van der Waals surface area contributed by atoms with Crippen LogP contribution in [0.25, 0.3) is 0 Å². The first-order valence-corrected chi connectivity index (χ1v) is 5.60. The molecule has 1 aliphatic rings. The molecule has 1 fully saturated rings. The smallest absolute Gasteiger partial charge is 0.116 e. The molecule has 0 spiro atoms. The average molecular weight is 203 g/mol. The average Bonchev–Trinajstić information content (AvgIpc) is 2.10. The third-order valence-corrected chi connectivity index (χ3v) is 2.95. The topological polar surface area (TPSA) is 23.5 Å². The normalized spacial score (nSPS) is 29.8. The van der Waals surface area contributed by atoms with Gasteiger partial charge in [0.05, 0.1) is 6.61 Å². The van der Waals surface area contributed by atoms with Crippen LogP contribution in [0.15, 0.2) is 0 Å². The van der Waals surface area contributed by atoms with E-state index in [2.05, 4.69) is 13.8 Å². The van der Waals surface area contributed by atoms with Gasteiger partial charge in [-0.15, -0.1) is 0 Å². The minimum absolute atomic E-state index is 0.140. The standard InChI is InChI=1S/C11H22FNO/c1-9(2)7-10-3-4-13(5-6-14)8-11(10)12/h9-11,14H,3-8H2,1-2H3. The third kappa shape index (κ3) is 3.54. The summed E-state index contributed by atoms with van der Waals surface area (Å²) in [7, 11) is 0. The highest BCUT2D eigenvalue weighted by atomic mass is 19.1. The molecule has 1 heterocycles. The van der Waals surface area contributed by atoms with E-state index in [1.165, 1.54) is 0 Å². The number of halogens is 1. The summed E-state index contributed by atoms with van der Waals surface area (Å²) in [6.07, 6.45) is 1.24. The van der Waals surface area contributed by atoms with Crippen molar-refractivity contribution in [3.8, 4) is 0 Å². The summed E-state index contributed by atoms with van der Waals surface area (Å²) in [6, 6.07) is 0. The molecule has 2 unspecified atom stereocenters. The van der Waals surface area contributed by atoms with Crippen molar-refractivity contribution in [2.24, 2.45) is 11.8 Å². The van der Waals surface area contributed by atoms with Gasteiger partial charge in [-0.3, -0.25) is 4.90 Å². The van der Waals surface area contributed by atoms with Crippen LogP contribution in [-0.4, -0.2) is 42.4 Å². The highest BCUT2D eigenvalue weighted by Gasteiger charge is 2.28. The Balaban J connectivity index is 2.32. The summed E-state index contributed by atoms with van der Waals surface area (Å²) in [5.41, 5.74) is 0. The highest BCUT2D eigenvalue weighted by molar-refractivity contribution is 4.80. The molecule has 0 radical (unpaired) electrons. The van der Waals surface area contributed by atoms with Crippen molar-refractivity contribution in [1.82, 2.24) is 4.90 Å². The van der Waals surface area contributed by atoms with E-state index < -0.39 is 6.17 Å². The molecule has 0 aliphatic carbocycles. The van der Waals surface area contributed by atoms with Gasteiger partial charge in [0.2, 0.25) is 0 Å². The van der Waals surface area contributed by atoms with E-state index in [0.29, 0.717) is 19.0 Å². The molecular formula is C11H22FNO. The SMILES string of the molecule is CC(C)CC1CCN(CCO)CC1F. The molecule has 1 N–H and O–H groups in total. The van der Waals surface area contributed by atoms with Crippen molar-refractivity contribution in [2.45, 2.75) is 32.9 Å². The molecule has 0 saturated carbocycles. The number of piperidine rings is 1. The van der Waals surface area contributed by atoms with E-state index >= 15 is 0 Å². The molecule has 0 aromatic rings. The van der Waals surface area contributed by atoms with Gasteiger partial charge in [-0.25, -0.2) is 4.39 Å². The summed E-state index contributed by atoms with van der Waals surface area (Å²) in [6.45, 7) is 6.51. The van der Waals surface area contributed by atoms with Crippen molar-refractivity contribution in [3.63, 3.8) is 0 Å². The minimum atomic E-state index is -0.697. The zero-order chi connectivity index (χ0) is 10.6. The van der Waals surface area contributed by atoms with Gasteiger partial charge in [0.25, 0.3) is 0 Å². The van der Waals surface area contributed by atoms with Gasteiger partial charge in [0, 0.05) is 13.1 Å². The predicted octanol–water partition coefficient (Wildman–Crippen LogP) is 1.68. The molecule has 1 saturated heterocycles. The molecule has 0 aromatic heterocycles. The van der Waals surface area contributed by atoms with Crippen LogP contribution in [0.1, 0.15) is 26.7 Å². The zero-order valence-corrected chi connectivity index (χ0v) is 9.25. The molecular weight excluding hydrogens is 181 g/mol. The first-order chi connectivity index (χ1) is 6.63. The molecule has 0 bridgehead atoms. The van der Waals surface area contributed by atoms with Crippen LogP contribution in [0.2, 0.25) is 0 Å². The van der Waals surface area contributed by atoms with E-state index in [-0.39, 0.29) is 12.5 Å². The molecule has 0 amide bonds. The van der Waals surface area contributed by atoms with Crippen LogP contribution >= 0.6 is 0 Å². The molecule has 3 heteroatoms. The maximum atomic E-state index is 13.7. The summed E-state index contributed by atoms with van der Waals surface area (Å²) in [4.78, 5) is 2.02. The van der Waals surface area contributed by atoms with E-state index in [1.54, 1.807) is 0 Å². The molecule has 84 valence electrons. The quantitative estimate of drug-likeness (QED) is 0.751. The van der Waals surface area contributed by atoms with Crippen LogP contribution in [-0.2, 0) is 0 Å². The van der Waals surface area contributed by atoms with E-state index in [0.717, 1.165) is 19.4 Å².